The second-order valence-electron chi connectivity index (χ2n) is 4.60. The summed E-state index contributed by atoms with van der Waals surface area (Å²) in [6, 6.07) is 13.8. The van der Waals surface area contributed by atoms with Crippen LogP contribution in [0.1, 0.15) is 35.7 Å². The third kappa shape index (κ3) is 2.94. The molecule has 2 aromatic carbocycles. The van der Waals surface area contributed by atoms with Crippen LogP contribution in [0.3, 0.4) is 0 Å². The second-order valence-corrected chi connectivity index (χ2v) is 4.60. The number of para-hydroxylation sites is 2. The Labute approximate surface area is 112 Å². The van der Waals surface area contributed by atoms with Gasteiger partial charge in [-0.3, -0.25) is 0 Å². The van der Waals surface area contributed by atoms with Crippen LogP contribution in [0.5, 0.6) is 11.5 Å². The normalized spacial score (nSPS) is 10.5. The van der Waals surface area contributed by atoms with Gasteiger partial charge in [-0.2, -0.15) is 0 Å². The first-order valence-electron chi connectivity index (χ1n) is 6.18. The Hall–Kier alpha value is -2.29. The van der Waals surface area contributed by atoms with E-state index >= 15 is 0 Å². The fraction of sp³-hybridized carbons (Fsp3) is 0.188. The van der Waals surface area contributed by atoms with Gasteiger partial charge in [-0.05, 0) is 29.7 Å². The van der Waals surface area contributed by atoms with E-state index in [4.69, 9.17) is 4.74 Å². The fourth-order valence-corrected chi connectivity index (χ4v) is 1.85. The van der Waals surface area contributed by atoms with E-state index < -0.39 is 5.97 Å². The molecule has 0 aliphatic carbocycles. The highest BCUT2D eigenvalue weighted by atomic mass is 16.5. The van der Waals surface area contributed by atoms with Gasteiger partial charge < -0.3 is 9.84 Å². The van der Waals surface area contributed by atoms with Crippen molar-refractivity contribution < 1.29 is 14.6 Å². The lowest BCUT2D eigenvalue weighted by molar-refractivity contribution is 0.0730. The predicted octanol–water partition coefficient (Wildman–Crippen LogP) is 3.73. The molecule has 0 amide bonds. The number of rotatable bonds is 3. The average molecular weight is 256 g/mol. The van der Waals surface area contributed by atoms with Crippen molar-refractivity contribution in [1.82, 2.24) is 0 Å². The zero-order valence-electron chi connectivity index (χ0n) is 11.0. The van der Waals surface area contributed by atoms with Crippen LogP contribution in [0.25, 0.3) is 0 Å². The summed E-state index contributed by atoms with van der Waals surface area (Å²) < 4.78 is 5.37. The van der Waals surface area contributed by atoms with Crippen LogP contribution in [0, 0.1) is 0 Å². The maximum Gasteiger partial charge on any atom is 0.347 e. The SMILES string of the molecule is CC(C)c1ccccc1OC(=O)c1ccccc1O. The van der Waals surface area contributed by atoms with Gasteiger partial charge >= 0.3 is 5.97 Å². The van der Waals surface area contributed by atoms with E-state index in [1.165, 1.54) is 12.1 Å². The summed E-state index contributed by atoms with van der Waals surface area (Å²) in [6.45, 7) is 4.07. The van der Waals surface area contributed by atoms with Crippen LogP contribution < -0.4 is 4.74 Å². The molecule has 2 rings (SSSR count). The van der Waals surface area contributed by atoms with E-state index in [1.807, 2.05) is 32.0 Å². The number of aromatic hydroxyl groups is 1. The highest BCUT2D eigenvalue weighted by Gasteiger charge is 2.15. The summed E-state index contributed by atoms with van der Waals surface area (Å²) in [7, 11) is 0. The number of carbonyl (C=O) groups excluding carboxylic acids is 1. The smallest absolute Gasteiger partial charge is 0.347 e. The number of phenolic OH excluding ortho intramolecular Hbond substituents is 1. The number of hydrogen-bond donors (Lipinski definition) is 1. The lowest BCUT2D eigenvalue weighted by Gasteiger charge is -2.12. The maximum atomic E-state index is 12.0. The molecule has 19 heavy (non-hydrogen) atoms. The van der Waals surface area contributed by atoms with Gasteiger partial charge in [0.05, 0.1) is 0 Å². The first kappa shape index (κ1) is 13.1. The van der Waals surface area contributed by atoms with Gasteiger partial charge in [0.1, 0.15) is 17.1 Å². The van der Waals surface area contributed by atoms with Crippen LogP contribution >= 0.6 is 0 Å². The molecule has 0 spiro atoms. The monoisotopic (exact) mass is 256 g/mol. The maximum absolute atomic E-state index is 12.0. The van der Waals surface area contributed by atoms with Gasteiger partial charge in [0, 0.05) is 0 Å². The van der Waals surface area contributed by atoms with Crippen LogP contribution in [0.2, 0.25) is 0 Å². The molecule has 0 aliphatic heterocycles. The topological polar surface area (TPSA) is 46.5 Å². The van der Waals surface area contributed by atoms with Crippen molar-refractivity contribution in [1.29, 1.82) is 0 Å². The summed E-state index contributed by atoms with van der Waals surface area (Å²) in [6.07, 6.45) is 0. The number of benzene rings is 2. The van der Waals surface area contributed by atoms with Crippen LogP contribution in [-0.2, 0) is 0 Å². The molecule has 1 N–H and O–H groups in total. The van der Waals surface area contributed by atoms with Crippen molar-refractivity contribution in [2.45, 2.75) is 19.8 Å². The van der Waals surface area contributed by atoms with E-state index in [9.17, 15) is 9.90 Å². The van der Waals surface area contributed by atoms with Crippen LogP contribution in [0.4, 0.5) is 0 Å². The minimum atomic E-state index is -0.550. The van der Waals surface area contributed by atoms with Crippen LogP contribution in [-0.4, -0.2) is 11.1 Å². The van der Waals surface area contributed by atoms with Crippen molar-refractivity contribution >= 4 is 5.97 Å². The first-order valence-corrected chi connectivity index (χ1v) is 6.18. The molecule has 0 saturated carbocycles. The third-order valence-electron chi connectivity index (χ3n) is 2.87. The Morgan fingerprint density at radius 1 is 1.05 bits per heavy atom. The van der Waals surface area contributed by atoms with Gasteiger partial charge in [-0.15, -0.1) is 0 Å². The molecule has 0 aromatic heterocycles. The molecule has 0 saturated heterocycles. The molecule has 0 atom stereocenters. The van der Waals surface area contributed by atoms with Gasteiger partial charge in [-0.1, -0.05) is 44.2 Å². The minimum Gasteiger partial charge on any atom is -0.507 e. The Morgan fingerprint density at radius 3 is 2.37 bits per heavy atom. The number of ether oxygens (including phenoxy) is 1. The van der Waals surface area contributed by atoms with E-state index in [0.29, 0.717) is 5.75 Å². The Kier molecular flexibility index (Phi) is 3.85. The molecule has 98 valence electrons. The lowest BCUT2D eigenvalue weighted by Crippen LogP contribution is -2.10. The highest BCUT2D eigenvalue weighted by molar-refractivity contribution is 5.93. The van der Waals surface area contributed by atoms with E-state index in [1.54, 1.807) is 18.2 Å². The number of hydrogen-bond acceptors (Lipinski definition) is 3. The summed E-state index contributed by atoms with van der Waals surface area (Å²) >= 11 is 0. The number of carbonyl (C=O) groups is 1. The molecule has 0 heterocycles. The van der Waals surface area contributed by atoms with Gasteiger partial charge in [-0.25, -0.2) is 4.79 Å². The standard InChI is InChI=1S/C16H16O3/c1-11(2)12-7-4-6-10-15(12)19-16(18)13-8-3-5-9-14(13)17/h3-11,17H,1-2H3. The zero-order valence-corrected chi connectivity index (χ0v) is 11.0. The van der Waals surface area contributed by atoms with E-state index in [0.717, 1.165) is 5.56 Å². The van der Waals surface area contributed by atoms with Crippen molar-refractivity contribution in [2.24, 2.45) is 0 Å². The fourth-order valence-electron chi connectivity index (χ4n) is 1.85. The third-order valence-corrected chi connectivity index (χ3v) is 2.87. The molecule has 0 radical (unpaired) electrons. The summed E-state index contributed by atoms with van der Waals surface area (Å²) in [4.78, 5) is 12.0. The molecular weight excluding hydrogens is 240 g/mol. The number of phenols is 1. The van der Waals surface area contributed by atoms with Crippen molar-refractivity contribution in [3.05, 3.63) is 59.7 Å². The molecule has 3 nitrogen and oxygen atoms in total. The van der Waals surface area contributed by atoms with Gasteiger partial charge in [0.15, 0.2) is 0 Å². The Morgan fingerprint density at radius 2 is 1.68 bits per heavy atom. The van der Waals surface area contributed by atoms with Gasteiger partial charge in [0.2, 0.25) is 0 Å². The molecule has 0 aliphatic rings. The zero-order chi connectivity index (χ0) is 13.8. The van der Waals surface area contributed by atoms with E-state index in [2.05, 4.69) is 0 Å². The summed E-state index contributed by atoms with van der Waals surface area (Å²) in [5.41, 5.74) is 1.13. The van der Waals surface area contributed by atoms with Crippen molar-refractivity contribution in [3.63, 3.8) is 0 Å². The number of esters is 1. The average Bonchev–Trinajstić information content (AvgIpc) is 2.39. The second kappa shape index (κ2) is 5.57. The minimum absolute atomic E-state index is 0.0745. The highest BCUT2D eigenvalue weighted by Crippen LogP contribution is 2.27. The predicted molar refractivity (Wildman–Crippen MR) is 73.6 cm³/mol. The summed E-state index contributed by atoms with van der Waals surface area (Å²) in [5, 5.41) is 9.64. The Balaban J connectivity index is 2.27. The largest absolute Gasteiger partial charge is 0.507 e. The molecule has 0 bridgehead atoms. The van der Waals surface area contributed by atoms with E-state index in [-0.39, 0.29) is 17.2 Å². The van der Waals surface area contributed by atoms with Crippen LogP contribution in [0.15, 0.2) is 48.5 Å². The quantitative estimate of drug-likeness (QED) is 0.672. The summed E-state index contributed by atoms with van der Waals surface area (Å²) in [5.74, 6) is 0.167. The molecular formula is C16H16O3. The first-order chi connectivity index (χ1) is 9.09. The Bertz CT molecular complexity index is 588. The lowest BCUT2D eigenvalue weighted by atomic mass is 10.0. The molecule has 2 aromatic rings. The van der Waals surface area contributed by atoms with Crippen molar-refractivity contribution in [2.75, 3.05) is 0 Å². The molecule has 0 unspecified atom stereocenters. The van der Waals surface area contributed by atoms with Crippen molar-refractivity contribution in [3.8, 4) is 11.5 Å². The molecule has 3 heteroatoms. The molecule has 0 fully saturated rings. The van der Waals surface area contributed by atoms with Gasteiger partial charge in [0.25, 0.3) is 0 Å².